The molecule has 0 aliphatic heterocycles. The largest absolute Gasteiger partial charge is 0.507 e. The number of nitrogens with one attached hydrogen (secondary N) is 1. The van der Waals surface area contributed by atoms with Gasteiger partial charge >= 0.3 is 0 Å². The molecule has 2 aromatic carbocycles. The normalized spacial score (nSPS) is 11.2. The number of aryl methyl sites for hydroxylation is 1. The Hall–Kier alpha value is -2.62. The van der Waals surface area contributed by atoms with E-state index in [9.17, 15) is 9.90 Å². The van der Waals surface area contributed by atoms with Gasteiger partial charge in [0.2, 0.25) is 0 Å². The predicted molar refractivity (Wildman–Crippen MR) is 79.0 cm³/mol. The fourth-order valence-electron chi connectivity index (χ4n) is 1.74. The average molecular weight is 268 g/mol. The Kier molecular flexibility index (Phi) is 4.15. The first-order chi connectivity index (χ1) is 9.58. The first kappa shape index (κ1) is 13.8. The summed E-state index contributed by atoms with van der Waals surface area (Å²) in [7, 11) is 0. The minimum absolute atomic E-state index is 0.137. The van der Waals surface area contributed by atoms with Crippen LogP contribution in [0.25, 0.3) is 0 Å². The number of para-hydroxylation sites is 1. The van der Waals surface area contributed by atoms with Crippen molar-refractivity contribution in [1.29, 1.82) is 0 Å². The molecule has 0 aliphatic carbocycles. The van der Waals surface area contributed by atoms with Crippen molar-refractivity contribution >= 4 is 11.6 Å². The van der Waals surface area contributed by atoms with Crippen LogP contribution in [-0.2, 0) is 0 Å². The monoisotopic (exact) mass is 268 g/mol. The van der Waals surface area contributed by atoms with E-state index < -0.39 is 0 Å². The predicted octanol–water partition coefficient (Wildman–Crippen LogP) is 2.85. The van der Waals surface area contributed by atoms with Crippen molar-refractivity contribution in [3.05, 3.63) is 65.2 Å². The van der Waals surface area contributed by atoms with Crippen LogP contribution >= 0.6 is 0 Å². The number of phenols is 1. The highest BCUT2D eigenvalue weighted by Crippen LogP contribution is 2.16. The lowest BCUT2D eigenvalue weighted by Crippen LogP contribution is -2.19. The van der Waals surface area contributed by atoms with Crippen LogP contribution in [0.2, 0.25) is 0 Å². The quantitative estimate of drug-likeness (QED) is 0.664. The molecule has 4 heteroatoms. The number of rotatable bonds is 3. The van der Waals surface area contributed by atoms with Gasteiger partial charge in [0.05, 0.1) is 5.71 Å². The SMILES string of the molecule is C/C(=N\NC(=O)c1ccc(C)cc1)c1ccccc1O. The van der Waals surface area contributed by atoms with Crippen molar-refractivity contribution in [1.82, 2.24) is 5.43 Å². The zero-order valence-corrected chi connectivity index (χ0v) is 11.4. The number of hydrogen-bond donors (Lipinski definition) is 2. The molecule has 2 rings (SSSR count). The van der Waals surface area contributed by atoms with Crippen molar-refractivity contribution in [2.24, 2.45) is 5.10 Å². The molecule has 2 N–H and O–H groups in total. The van der Waals surface area contributed by atoms with E-state index in [0.29, 0.717) is 16.8 Å². The van der Waals surface area contributed by atoms with Crippen molar-refractivity contribution in [3.8, 4) is 5.75 Å². The molecule has 0 saturated carbocycles. The van der Waals surface area contributed by atoms with Crippen LogP contribution in [0.5, 0.6) is 5.75 Å². The number of phenolic OH excluding ortho intramolecular Hbond substituents is 1. The van der Waals surface area contributed by atoms with Crippen LogP contribution in [0.1, 0.15) is 28.4 Å². The Morgan fingerprint density at radius 3 is 2.40 bits per heavy atom. The van der Waals surface area contributed by atoms with Crippen LogP contribution in [0.3, 0.4) is 0 Å². The van der Waals surface area contributed by atoms with Gasteiger partial charge in [0.15, 0.2) is 0 Å². The molecule has 4 nitrogen and oxygen atoms in total. The minimum atomic E-state index is -0.278. The molecule has 0 heterocycles. The Bertz CT molecular complexity index is 646. The molecule has 0 aromatic heterocycles. The molecular formula is C16H16N2O2. The number of benzene rings is 2. The number of amides is 1. The van der Waals surface area contributed by atoms with Gasteiger partial charge in [0, 0.05) is 11.1 Å². The van der Waals surface area contributed by atoms with Gasteiger partial charge in [-0.05, 0) is 38.1 Å². The zero-order valence-electron chi connectivity index (χ0n) is 11.4. The maximum Gasteiger partial charge on any atom is 0.271 e. The van der Waals surface area contributed by atoms with Crippen LogP contribution < -0.4 is 5.43 Å². The molecule has 0 radical (unpaired) electrons. The Labute approximate surface area is 117 Å². The fraction of sp³-hybridized carbons (Fsp3) is 0.125. The first-order valence-corrected chi connectivity index (χ1v) is 6.27. The highest BCUT2D eigenvalue weighted by Gasteiger charge is 2.06. The summed E-state index contributed by atoms with van der Waals surface area (Å²) in [4.78, 5) is 11.9. The summed E-state index contributed by atoms with van der Waals surface area (Å²) in [5, 5.41) is 13.7. The van der Waals surface area contributed by atoms with Gasteiger partial charge in [0.1, 0.15) is 5.75 Å². The van der Waals surface area contributed by atoms with E-state index in [0.717, 1.165) is 5.56 Å². The van der Waals surface area contributed by atoms with Crippen molar-refractivity contribution in [3.63, 3.8) is 0 Å². The maximum atomic E-state index is 11.9. The molecule has 20 heavy (non-hydrogen) atoms. The fourth-order valence-corrected chi connectivity index (χ4v) is 1.74. The summed E-state index contributed by atoms with van der Waals surface area (Å²) in [6, 6.07) is 14.1. The van der Waals surface area contributed by atoms with Crippen molar-refractivity contribution < 1.29 is 9.90 Å². The second-order valence-corrected chi connectivity index (χ2v) is 4.52. The van der Waals surface area contributed by atoms with Gasteiger partial charge in [0.25, 0.3) is 5.91 Å². The topological polar surface area (TPSA) is 61.7 Å². The summed E-state index contributed by atoms with van der Waals surface area (Å²) in [5.74, 6) is -0.141. The summed E-state index contributed by atoms with van der Waals surface area (Å²) in [5.41, 5.74) is 5.26. The minimum Gasteiger partial charge on any atom is -0.507 e. The summed E-state index contributed by atoms with van der Waals surface area (Å²) < 4.78 is 0. The molecule has 0 aliphatic rings. The molecular weight excluding hydrogens is 252 g/mol. The lowest BCUT2D eigenvalue weighted by atomic mass is 10.1. The van der Waals surface area contributed by atoms with Gasteiger partial charge in [-0.25, -0.2) is 5.43 Å². The number of nitrogens with zero attached hydrogens (tertiary/aromatic N) is 1. The number of carbonyl (C=O) groups is 1. The van der Waals surface area contributed by atoms with Crippen LogP contribution in [0.15, 0.2) is 53.6 Å². The van der Waals surface area contributed by atoms with Crippen LogP contribution in [0.4, 0.5) is 0 Å². The van der Waals surface area contributed by atoms with Gasteiger partial charge in [-0.1, -0.05) is 29.8 Å². The summed E-state index contributed by atoms with van der Waals surface area (Å²) >= 11 is 0. The molecule has 0 atom stereocenters. The second kappa shape index (κ2) is 6.02. The maximum absolute atomic E-state index is 11.9. The highest BCUT2D eigenvalue weighted by atomic mass is 16.3. The molecule has 102 valence electrons. The van der Waals surface area contributed by atoms with Crippen LogP contribution in [0, 0.1) is 6.92 Å². The molecule has 1 amide bonds. The van der Waals surface area contributed by atoms with Crippen molar-refractivity contribution in [2.75, 3.05) is 0 Å². The van der Waals surface area contributed by atoms with Gasteiger partial charge in [-0.15, -0.1) is 0 Å². The van der Waals surface area contributed by atoms with E-state index in [1.165, 1.54) is 0 Å². The molecule has 0 unspecified atom stereocenters. The van der Waals surface area contributed by atoms with Crippen LogP contribution in [-0.4, -0.2) is 16.7 Å². The van der Waals surface area contributed by atoms with E-state index in [1.54, 1.807) is 43.3 Å². The van der Waals surface area contributed by atoms with Gasteiger partial charge in [-0.2, -0.15) is 5.10 Å². The summed E-state index contributed by atoms with van der Waals surface area (Å²) in [6.07, 6.45) is 0. The first-order valence-electron chi connectivity index (χ1n) is 6.27. The Balaban J connectivity index is 2.11. The average Bonchev–Trinajstić information content (AvgIpc) is 2.45. The number of carbonyl (C=O) groups excluding carboxylic acids is 1. The van der Waals surface area contributed by atoms with E-state index >= 15 is 0 Å². The number of hydrogen-bond acceptors (Lipinski definition) is 3. The second-order valence-electron chi connectivity index (χ2n) is 4.52. The molecule has 0 fully saturated rings. The smallest absolute Gasteiger partial charge is 0.271 e. The van der Waals surface area contributed by atoms with E-state index in [-0.39, 0.29) is 11.7 Å². The zero-order chi connectivity index (χ0) is 14.5. The molecule has 2 aromatic rings. The third-order valence-corrected chi connectivity index (χ3v) is 2.93. The third kappa shape index (κ3) is 3.23. The number of aromatic hydroxyl groups is 1. The Morgan fingerprint density at radius 2 is 1.75 bits per heavy atom. The highest BCUT2D eigenvalue weighted by molar-refractivity contribution is 6.02. The van der Waals surface area contributed by atoms with E-state index in [4.69, 9.17) is 0 Å². The van der Waals surface area contributed by atoms with Gasteiger partial charge < -0.3 is 5.11 Å². The third-order valence-electron chi connectivity index (χ3n) is 2.93. The lowest BCUT2D eigenvalue weighted by molar-refractivity contribution is 0.0955. The molecule has 0 saturated heterocycles. The molecule has 0 bridgehead atoms. The summed E-state index contributed by atoms with van der Waals surface area (Å²) in [6.45, 7) is 3.69. The van der Waals surface area contributed by atoms with Crippen molar-refractivity contribution in [2.45, 2.75) is 13.8 Å². The number of hydrazone groups is 1. The van der Waals surface area contributed by atoms with E-state index in [2.05, 4.69) is 10.5 Å². The van der Waals surface area contributed by atoms with Gasteiger partial charge in [-0.3, -0.25) is 4.79 Å². The Morgan fingerprint density at radius 1 is 1.10 bits per heavy atom. The van der Waals surface area contributed by atoms with E-state index in [1.807, 2.05) is 19.1 Å². The molecule has 0 spiro atoms. The standard InChI is InChI=1S/C16H16N2O2/c1-11-7-9-13(10-8-11)16(20)18-17-12(2)14-5-3-4-6-15(14)19/h3-10,19H,1-2H3,(H,18,20)/b17-12+. The lowest BCUT2D eigenvalue weighted by Gasteiger charge is -2.05.